The van der Waals surface area contributed by atoms with Crippen molar-refractivity contribution >= 4 is 14.3 Å². The summed E-state index contributed by atoms with van der Waals surface area (Å²) in [7, 11) is -2.46. The summed E-state index contributed by atoms with van der Waals surface area (Å²) in [4.78, 5) is 15.4. The maximum absolute atomic E-state index is 12.3. The molecule has 242 valence electrons. The average molecular weight is 622 g/mol. The van der Waals surface area contributed by atoms with Gasteiger partial charge in [-0.2, -0.15) is 0 Å². The van der Waals surface area contributed by atoms with Crippen molar-refractivity contribution in [3.05, 3.63) is 46.3 Å². The lowest BCUT2D eigenvalue weighted by atomic mass is 9.83. The third-order valence-corrected chi connectivity index (χ3v) is 14.4. The average Bonchev–Trinajstić information content (AvgIpc) is 2.93. The number of aliphatic hydroxyl groups excluding tert-OH is 1. The number of benzene rings is 1. The third kappa shape index (κ3) is 8.37. The van der Waals surface area contributed by atoms with E-state index in [0.717, 1.165) is 5.56 Å². The number of hydrogen-bond donors (Lipinski definition) is 1. The topological polar surface area (TPSA) is 141 Å². The van der Waals surface area contributed by atoms with E-state index < -0.39 is 57.3 Å². The van der Waals surface area contributed by atoms with Gasteiger partial charge in [0.1, 0.15) is 24.4 Å². The Balaban J connectivity index is 1.82. The molecule has 2 aliphatic rings. The molecule has 0 aliphatic carbocycles. The highest BCUT2D eigenvalue weighted by molar-refractivity contribution is 6.74. The van der Waals surface area contributed by atoms with Crippen LogP contribution in [0.2, 0.25) is 18.1 Å². The molecule has 1 aromatic rings. The molecule has 2 fully saturated rings. The maximum atomic E-state index is 12.3. The molecule has 2 heterocycles. The van der Waals surface area contributed by atoms with E-state index >= 15 is 0 Å². The molecule has 2 saturated heterocycles. The Hall–Kier alpha value is -2.02. The minimum Gasteiger partial charge on any atom is -0.459 e. The highest BCUT2D eigenvalue weighted by atomic mass is 28.4. The summed E-state index contributed by atoms with van der Waals surface area (Å²) in [6.07, 6.45) is -5.92. The largest absolute Gasteiger partial charge is 0.459 e. The second-order valence-corrected chi connectivity index (χ2v) is 17.9. The number of carbonyl (C=O) groups excluding carboxylic acids is 1. The summed E-state index contributed by atoms with van der Waals surface area (Å²) in [5, 5.41) is 15.0. The molecule has 11 nitrogen and oxygen atoms in total. The van der Waals surface area contributed by atoms with Crippen molar-refractivity contribution in [3.8, 4) is 0 Å². The number of carbonyl (C=O) groups is 1. The van der Waals surface area contributed by atoms with Gasteiger partial charge in [-0.1, -0.05) is 77.0 Å². The van der Waals surface area contributed by atoms with E-state index in [1.165, 1.54) is 6.92 Å². The SMILES string of the molecule is CC(=O)O[C@@H]1C(N=[N+]=[N-])[C@H](O[Si](C)(C)C(C)(C)C(C)C)OC(C)[C@H]1O[C@@H]1OC(COCc2ccccc2)[C@@H](C)[C@H](C)C1O. The van der Waals surface area contributed by atoms with Gasteiger partial charge in [-0.15, -0.1) is 0 Å². The number of rotatable bonds is 12. The lowest BCUT2D eigenvalue weighted by molar-refractivity contribution is -0.328. The first-order chi connectivity index (χ1) is 20.1. The lowest BCUT2D eigenvalue weighted by Gasteiger charge is -2.50. The third-order valence-electron chi connectivity index (χ3n) is 9.87. The normalized spacial score (nSPS) is 33.6. The molecule has 0 radical (unpaired) electrons. The second-order valence-electron chi connectivity index (χ2n) is 13.3. The number of hydrogen-bond acceptors (Lipinski definition) is 9. The monoisotopic (exact) mass is 621 g/mol. The smallest absolute Gasteiger partial charge is 0.303 e. The van der Waals surface area contributed by atoms with Crippen molar-refractivity contribution in [3.63, 3.8) is 0 Å². The van der Waals surface area contributed by atoms with Crippen LogP contribution in [-0.2, 0) is 39.5 Å². The fraction of sp³-hybridized carbons (Fsp3) is 0.774. The maximum Gasteiger partial charge on any atom is 0.303 e. The molecule has 0 bridgehead atoms. The van der Waals surface area contributed by atoms with Crippen molar-refractivity contribution in [1.82, 2.24) is 0 Å². The van der Waals surface area contributed by atoms with Gasteiger partial charge in [0.15, 0.2) is 20.9 Å². The van der Waals surface area contributed by atoms with Crippen LogP contribution in [0.3, 0.4) is 0 Å². The van der Waals surface area contributed by atoms with Gasteiger partial charge in [0.25, 0.3) is 0 Å². The summed E-state index contributed by atoms with van der Waals surface area (Å²) in [5.41, 5.74) is 10.6. The Morgan fingerprint density at radius 1 is 1.09 bits per heavy atom. The molecule has 43 heavy (non-hydrogen) atoms. The lowest BCUT2D eigenvalue weighted by Crippen LogP contribution is -2.63. The molecule has 0 saturated carbocycles. The fourth-order valence-electron chi connectivity index (χ4n) is 5.52. The van der Waals surface area contributed by atoms with Crippen LogP contribution in [0.4, 0.5) is 0 Å². The number of nitrogens with zero attached hydrogens (tertiary/aromatic N) is 3. The van der Waals surface area contributed by atoms with Gasteiger partial charge in [0.2, 0.25) is 0 Å². The number of ether oxygens (including phenoxy) is 5. The quantitative estimate of drug-likeness (QED) is 0.0991. The first kappa shape index (κ1) is 35.5. The van der Waals surface area contributed by atoms with Crippen molar-refractivity contribution < 1.29 is 38.0 Å². The first-order valence-corrected chi connectivity index (χ1v) is 18.2. The van der Waals surface area contributed by atoms with E-state index in [4.69, 9.17) is 28.1 Å². The standard InChI is InChI=1S/C31H51N3O8Si/c1-18(2)31(7,8)43(9,10)42-29-25(33-34-32)28(39-22(6)35)27(21(5)38-29)41-30-26(36)20(4)19(3)24(40-30)17-37-16-23-14-12-11-13-15-23/h11-15,18-21,24-30,36H,16-17H2,1-10H3/t19-,20-,21?,24?,25?,26?,27+,28+,29-,30-/m0/s1. The Morgan fingerprint density at radius 3 is 2.33 bits per heavy atom. The molecule has 2 aliphatic heterocycles. The van der Waals surface area contributed by atoms with E-state index in [-0.39, 0.29) is 23.0 Å². The predicted octanol–water partition coefficient (Wildman–Crippen LogP) is 5.96. The van der Waals surface area contributed by atoms with Gasteiger partial charge in [0.05, 0.1) is 25.4 Å². The van der Waals surface area contributed by atoms with E-state index in [2.05, 4.69) is 50.8 Å². The zero-order valence-corrected chi connectivity index (χ0v) is 28.3. The molecule has 0 spiro atoms. The van der Waals surface area contributed by atoms with E-state index in [9.17, 15) is 15.4 Å². The van der Waals surface area contributed by atoms with Crippen LogP contribution in [0.1, 0.15) is 61.0 Å². The van der Waals surface area contributed by atoms with Gasteiger partial charge in [-0.3, -0.25) is 4.79 Å². The highest BCUT2D eigenvalue weighted by Crippen LogP contribution is 2.46. The first-order valence-electron chi connectivity index (χ1n) is 15.3. The van der Waals surface area contributed by atoms with Crippen molar-refractivity contribution in [2.45, 2.75) is 129 Å². The predicted molar refractivity (Wildman–Crippen MR) is 164 cm³/mol. The van der Waals surface area contributed by atoms with E-state index in [1.54, 1.807) is 6.92 Å². The molecular weight excluding hydrogens is 570 g/mol. The van der Waals surface area contributed by atoms with Crippen LogP contribution in [0.25, 0.3) is 10.4 Å². The van der Waals surface area contributed by atoms with Crippen molar-refractivity contribution in [1.29, 1.82) is 0 Å². The molecule has 10 atom stereocenters. The number of esters is 1. The second kappa shape index (κ2) is 14.8. The Morgan fingerprint density at radius 2 is 1.74 bits per heavy atom. The van der Waals surface area contributed by atoms with Gasteiger partial charge in [-0.05, 0) is 53.9 Å². The molecule has 12 heteroatoms. The Bertz CT molecular complexity index is 1100. The zero-order chi connectivity index (χ0) is 32.1. The summed E-state index contributed by atoms with van der Waals surface area (Å²) >= 11 is 0. The van der Waals surface area contributed by atoms with Crippen LogP contribution >= 0.6 is 0 Å². The van der Waals surface area contributed by atoms with Gasteiger partial charge >= 0.3 is 5.97 Å². The minimum absolute atomic E-state index is 0.0138. The van der Waals surface area contributed by atoms with Crippen LogP contribution in [0.5, 0.6) is 0 Å². The summed E-state index contributed by atoms with van der Waals surface area (Å²) in [5.74, 6) is -0.430. The van der Waals surface area contributed by atoms with Crippen LogP contribution in [-0.4, -0.2) is 75.1 Å². The highest BCUT2D eigenvalue weighted by Gasteiger charge is 2.54. The van der Waals surface area contributed by atoms with Crippen LogP contribution < -0.4 is 0 Å². The van der Waals surface area contributed by atoms with Crippen LogP contribution in [0, 0.1) is 17.8 Å². The van der Waals surface area contributed by atoms with Gasteiger partial charge < -0.3 is 33.2 Å². The molecule has 1 aromatic carbocycles. The van der Waals surface area contributed by atoms with Crippen molar-refractivity contribution in [2.24, 2.45) is 22.9 Å². The molecule has 1 N–H and O–H groups in total. The molecule has 4 unspecified atom stereocenters. The Kier molecular flexibility index (Phi) is 12.2. The molecule has 0 amide bonds. The molecular formula is C31H51N3O8Si. The Labute approximate surface area is 257 Å². The van der Waals surface area contributed by atoms with E-state index in [0.29, 0.717) is 19.1 Å². The van der Waals surface area contributed by atoms with Gasteiger partial charge in [0, 0.05) is 11.8 Å². The fourth-order valence-corrected chi connectivity index (χ4v) is 7.99. The summed E-state index contributed by atoms with van der Waals surface area (Å²) in [6.45, 7) is 20.6. The summed E-state index contributed by atoms with van der Waals surface area (Å²) < 4.78 is 37.4. The van der Waals surface area contributed by atoms with Gasteiger partial charge in [-0.25, -0.2) is 0 Å². The van der Waals surface area contributed by atoms with Crippen molar-refractivity contribution in [2.75, 3.05) is 6.61 Å². The van der Waals surface area contributed by atoms with E-state index in [1.807, 2.05) is 44.2 Å². The molecule has 3 rings (SSSR count). The molecule has 0 aromatic heterocycles. The number of azide groups is 1. The zero-order valence-electron chi connectivity index (χ0n) is 27.3. The summed E-state index contributed by atoms with van der Waals surface area (Å²) in [6, 6.07) is 8.84. The number of aliphatic hydroxyl groups is 1. The van der Waals surface area contributed by atoms with Crippen LogP contribution in [0.15, 0.2) is 35.4 Å². The minimum atomic E-state index is -2.46.